The van der Waals surface area contributed by atoms with E-state index in [1.54, 1.807) is 12.1 Å². The van der Waals surface area contributed by atoms with E-state index in [1.165, 1.54) is 0 Å². The first kappa shape index (κ1) is 15.0. The molecule has 7 nitrogen and oxygen atoms in total. The highest BCUT2D eigenvalue weighted by Crippen LogP contribution is 2.45. The van der Waals surface area contributed by atoms with Gasteiger partial charge in [0.2, 0.25) is 0 Å². The first-order valence-electron chi connectivity index (χ1n) is 6.10. The molecule has 114 valence electrons. The van der Waals surface area contributed by atoms with E-state index in [4.69, 9.17) is 5.73 Å². The number of hydrogen-bond acceptors (Lipinski definition) is 9. The summed E-state index contributed by atoms with van der Waals surface area (Å²) in [6, 6.07) is 3.35. The molecule has 2 aromatic carbocycles. The third-order valence-corrected chi connectivity index (χ3v) is 5.61. The minimum atomic E-state index is 0.223. The SMILES string of the molecule is Nc1cc(Br)c2nsnc2c1-c1c(N=O)cc(Br)c2nsnc12. The summed E-state index contributed by atoms with van der Waals surface area (Å²) >= 11 is 8.94. The highest BCUT2D eigenvalue weighted by Gasteiger charge is 2.23. The van der Waals surface area contributed by atoms with Crippen LogP contribution in [0.3, 0.4) is 0 Å². The molecule has 4 aromatic rings. The maximum atomic E-state index is 11.4. The third-order valence-electron chi connectivity index (χ3n) is 3.34. The van der Waals surface area contributed by atoms with Crippen molar-refractivity contribution in [3.8, 4) is 11.1 Å². The van der Waals surface area contributed by atoms with Gasteiger partial charge in [0.1, 0.15) is 27.8 Å². The molecule has 2 aromatic heterocycles. The molecule has 0 aliphatic rings. The van der Waals surface area contributed by atoms with Gasteiger partial charge in [0.25, 0.3) is 0 Å². The second-order valence-corrected chi connectivity index (χ2v) is 7.35. The van der Waals surface area contributed by atoms with Crippen LogP contribution >= 0.6 is 55.3 Å². The van der Waals surface area contributed by atoms with E-state index >= 15 is 0 Å². The number of fused-ring (bicyclic) bond motifs is 2. The fourth-order valence-corrected chi connectivity index (χ4v) is 4.78. The predicted molar refractivity (Wildman–Crippen MR) is 99.1 cm³/mol. The molecule has 0 aliphatic carbocycles. The van der Waals surface area contributed by atoms with E-state index in [1.807, 2.05) is 0 Å². The number of nitrogens with two attached hydrogens (primary N) is 1. The van der Waals surface area contributed by atoms with Crippen molar-refractivity contribution >= 4 is 88.8 Å². The second kappa shape index (κ2) is 5.51. The van der Waals surface area contributed by atoms with Gasteiger partial charge in [0.15, 0.2) is 0 Å². The topological polar surface area (TPSA) is 107 Å². The molecule has 23 heavy (non-hydrogen) atoms. The zero-order chi connectivity index (χ0) is 16.1. The lowest BCUT2D eigenvalue weighted by Gasteiger charge is -2.10. The van der Waals surface area contributed by atoms with Crippen LogP contribution in [0.4, 0.5) is 11.4 Å². The van der Waals surface area contributed by atoms with E-state index in [0.717, 1.165) is 27.9 Å². The fourth-order valence-electron chi connectivity index (χ4n) is 2.40. The van der Waals surface area contributed by atoms with Crippen LogP contribution in [0.15, 0.2) is 26.3 Å². The average Bonchev–Trinajstić information content (AvgIpc) is 3.17. The molecule has 0 saturated heterocycles. The van der Waals surface area contributed by atoms with E-state index < -0.39 is 0 Å². The minimum absolute atomic E-state index is 0.223. The smallest absolute Gasteiger partial charge is 0.119 e. The van der Waals surface area contributed by atoms with Crippen LogP contribution in [0.2, 0.25) is 0 Å². The summed E-state index contributed by atoms with van der Waals surface area (Å²) < 4.78 is 18.5. The van der Waals surface area contributed by atoms with E-state index in [0.29, 0.717) is 43.4 Å². The van der Waals surface area contributed by atoms with Gasteiger partial charge in [-0.05, 0) is 49.2 Å². The van der Waals surface area contributed by atoms with Crippen LogP contribution < -0.4 is 5.73 Å². The fraction of sp³-hybridized carbons (Fsp3) is 0. The van der Waals surface area contributed by atoms with Crippen molar-refractivity contribution in [3.05, 3.63) is 26.0 Å². The lowest BCUT2D eigenvalue weighted by atomic mass is 9.98. The van der Waals surface area contributed by atoms with Gasteiger partial charge in [-0.3, -0.25) is 0 Å². The summed E-state index contributed by atoms with van der Waals surface area (Å²) in [5.41, 5.74) is 10.5. The first-order chi connectivity index (χ1) is 11.1. The Morgan fingerprint density at radius 1 is 0.870 bits per heavy atom. The molecule has 0 aliphatic heterocycles. The molecule has 0 spiro atoms. The monoisotopic (exact) mass is 470 g/mol. The molecule has 0 unspecified atom stereocenters. The number of nitrogens with zero attached hydrogens (tertiary/aromatic N) is 5. The van der Waals surface area contributed by atoms with E-state index in [-0.39, 0.29) is 5.69 Å². The van der Waals surface area contributed by atoms with Crippen LogP contribution in [-0.4, -0.2) is 17.5 Å². The van der Waals surface area contributed by atoms with Gasteiger partial charge in [0, 0.05) is 25.8 Å². The lowest BCUT2D eigenvalue weighted by molar-refractivity contribution is 1.47. The van der Waals surface area contributed by atoms with E-state index in [9.17, 15) is 4.91 Å². The van der Waals surface area contributed by atoms with Crippen LogP contribution in [0.5, 0.6) is 0 Å². The molecule has 2 heterocycles. The number of anilines is 1. The summed E-state index contributed by atoms with van der Waals surface area (Å²) in [7, 11) is 0. The number of halogens is 2. The highest BCUT2D eigenvalue weighted by atomic mass is 79.9. The van der Waals surface area contributed by atoms with Gasteiger partial charge in [0.05, 0.1) is 23.5 Å². The summed E-state index contributed by atoms with van der Waals surface area (Å²) in [4.78, 5) is 11.4. The van der Waals surface area contributed by atoms with Crippen molar-refractivity contribution in [2.45, 2.75) is 0 Å². The van der Waals surface area contributed by atoms with Gasteiger partial charge in [-0.1, -0.05) is 0 Å². The number of benzene rings is 2. The van der Waals surface area contributed by atoms with Gasteiger partial charge in [-0.15, -0.1) is 4.91 Å². The van der Waals surface area contributed by atoms with Gasteiger partial charge < -0.3 is 5.73 Å². The molecule has 4 rings (SSSR count). The molecular weight excluding hydrogens is 468 g/mol. The highest BCUT2D eigenvalue weighted by molar-refractivity contribution is 9.11. The lowest BCUT2D eigenvalue weighted by Crippen LogP contribution is -1.94. The number of nitroso groups, excluding NO2 is 1. The van der Waals surface area contributed by atoms with Crippen molar-refractivity contribution in [3.63, 3.8) is 0 Å². The molecule has 0 atom stereocenters. The average molecular weight is 472 g/mol. The van der Waals surface area contributed by atoms with Crippen molar-refractivity contribution in [1.82, 2.24) is 17.5 Å². The molecule has 11 heteroatoms. The number of hydrogen-bond donors (Lipinski definition) is 1. The zero-order valence-electron chi connectivity index (χ0n) is 10.9. The normalized spacial score (nSPS) is 11.4. The van der Waals surface area contributed by atoms with Crippen LogP contribution in [0.25, 0.3) is 33.2 Å². The maximum absolute atomic E-state index is 11.4. The van der Waals surface area contributed by atoms with Crippen LogP contribution in [0, 0.1) is 4.91 Å². The summed E-state index contributed by atoms with van der Waals surface area (Å²) in [6.07, 6.45) is 0. The van der Waals surface area contributed by atoms with Crippen LogP contribution in [0.1, 0.15) is 0 Å². The Kier molecular flexibility index (Phi) is 3.59. The summed E-state index contributed by atoms with van der Waals surface area (Å²) in [5, 5.41) is 3.14. The molecule has 0 bridgehead atoms. The van der Waals surface area contributed by atoms with E-state index in [2.05, 4.69) is 54.5 Å². The standard InChI is InChI=1S/C12H4Br2N6OS2/c13-3-1-5(15)7(11-9(3)17-22-19-11)8-6(16-21)2-4(14)10-12(8)20-23-18-10/h1-2H,15H2. The first-order valence-corrected chi connectivity index (χ1v) is 9.15. The Labute approximate surface area is 153 Å². The summed E-state index contributed by atoms with van der Waals surface area (Å²) in [5.74, 6) is 0. The molecule has 0 radical (unpaired) electrons. The van der Waals surface area contributed by atoms with Gasteiger partial charge in [-0.2, -0.15) is 17.5 Å². The molecule has 0 amide bonds. The van der Waals surface area contributed by atoms with Crippen molar-refractivity contribution in [2.24, 2.45) is 5.18 Å². The number of rotatable bonds is 2. The quantitative estimate of drug-likeness (QED) is 0.330. The predicted octanol–water partition coefficient (Wildman–Crippen LogP) is 4.87. The Morgan fingerprint density at radius 2 is 1.39 bits per heavy atom. The summed E-state index contributed by atoms with van der Waals surface area (Å²) in [6.45, 7) is 0. The largest absolute Gasteiger partial charge is 0.398 e. The minimum Gasteiger partial charge on any atom is -0.398 e. The van der Waals surface area contributed by atoms with Crippen molar-refractivity contribution in [2.75, 3.05) is 5.73 Å². The zero-order valence-corrected chi connectivity index (χ0v) is 15.8. The van der Waals surface area contributed by atoms with Crippen LogP contribution in [-0.2, 0) is 0 Å². The number of aromatic nitrogens is 4. The van der Waals surface area contributed by atoms with Crippen molar-refractivity contribution < 1.29 is 0 Å². The van der Waals surface area contributed by atoms with Gasteiger partial charge >= 0.3 is 0 Å². The molecule has 2 N–H and O–H groups in total. The molecular formula is C12H4Br2N6OS2. The van der Waals surface area contributed by atoms with Gasteiger partial charge in [-0.25, -0.2) is 0 Å². The Morgan fingerprint density at radius 3 is 2.00 bits per heavy atom. The van der Waals surface area contributed by atoms with Crippen molar-refractivity contribution in [1.29, 1.82) is 0 Å². The third kappa shape index (κ3) is 2.18. The molecule has 0 saturated carbocycles. The second-order valence-electron chi connectivity index (χ2n) is 4.59. The Bertz CT molecular complexity index is 1090. The Balaban J connectivity index is 2.23. The maximum Gasteiger partial charge on any atom is 0.119 e. The number of nitrogen functional groups attached to an aromatic ring is 1. The Hall–Kier alpha value is -1.56. The molecule has 0 fully saturated rings.